The second-order valence-electron chi connectivity index (χ2n) is 12.4. The van der Waals surface area contributed by atoms with Gasteiger partial charge in [0.25, 0.3) is 0 Å². The van der Waals surface area contributed by atoms with Crippen LogP contribution in [0.15, 0.2) is 0 Å². The van der Waals surface area contributed by atoms with Gasteiger partial charge in [-0.25, -0.2) is 12.7 Å². The van der Waals surface area contributed by atoms with Crippen LogP contribution in [-0.4, -0.2) is 95.1 Å². The topological polar surface area (TPSA) is 119 Å². The maximum Gasteiger partial charge on any atom is 0.246 e. The van der Waals surface area contributed by atoms with Crippen molar-refractivity contribution < 1.29 is 18.0 Å². The molecule has 4 rings (SSSR count). The van der Waals surface area contributed by atoms with Crippen LogP contribution >= 0.6 is 12.4 Å². The summed E-state index contributed by atoms with van der Waals surface area (Å²) in [6.07, 6.45) is 6.54. The smallest absolute Gasteiger partial charge is 0.246 e. The Labute approximate surface area is 246 Å². The molecule has 2 N–H and O–H groups in total. The van der Waals surface area contributed by atoms with Crippen molar-refractivity contribution in [1.29, 1.82) is 0 Å². The molecule has 228 valence electrons. The summed E-state index contributed by atoms with van der Waals surface area (Å²) in [5.41, 5.74) is 2.39. The lowest BCUT2D eigenvalue weighted by atomic mass is 9.78. The Morgan fingerprint density at radius 2 is 1.70 bits per heavy atom. The van der Waals surface area contributed by atoms with Gasteiger partial charge in [-0.15, -0.1) is 12.4 Å². The van der Waals surface area contributed by atoms with Gasteiger partial charge in [0.1, 0.15) is 11.6 Å². The molecule has 0 saturated carbocycles. The number of H-pyrrole nitrogens is 1. The predicted molar refractivity (Wildman–Crippen MR) is 159 cm³/mol. The highest BCUT2D eigenvalue weighted by Gasteiger charge is 2.54. The fourth-order valence-corrected chi connectivity index (χ4v) is 7.93. The molecule has 12 heteroatoms. The van der Waals surface area contributed by atoms with Crippen LogP contribution in [0, 0.1) is 25.7 Å². The summed E-state index contributed by atoms with van der Waals surface area (Å²) in [5, 5.41) is 10.7. The molecule has 0 aromatic carbocycles. The van der Waals surface area contributed by atoms with Gasteiger partial charge in [-0.3, -0.25) is 19.6 Å². The number of hydrogen-bond acceptors (Lipinski definition) is 6. The molecule has 3 fully saturated rings. The molecule has 1 aromatic rings. The number of carbonyl (C=O) groups excluding carboxylic acids is 2. The fraction of sp³-hybridized carbons (Fsp3) is 0.821. The third-order valence-electron chi connectivity index (χ3n) is 9.16. The van der Waals surface area contributed by atoms with Crippen molar-refractivity contribution in [2.24, 2.45) is 11.8 Å². The van der Waals surface area contributed by atoms with Crippen LogP contribution < -0.4 is 5.32 Å². The first-order valence-electron chi connectivity index (χ1n) is 14.7. The summed E-state index contributed by atoms with van der Waals surface area (Å²) in [6.45, 7) is 13.4. The monoisotopic (exact) mass is 600 g/mol. The number of halogens is 1. The number of aromatic nitrogens is 2. The van der Waals surface area contributed by atoms with Crippen LogP contribution in [0.4, 0.5) is 0 Å². The minimum absolute atomic E-state index is 0. The van der Waals surface area contributed by atoms with Crippen molar-refractivity contribution in [3.63, 3.8) is 0 Å². The number of carbonyl (C=O) groups is 2. The van der Waals surface area contributed by atoms with Crippen molar-refractivity contribution in [1.82, 2.24) is 29.6 Å². The van der Waals surface area contributed by atoms with E-state index in [2.05, 4.69) is 41.2 Å². The van der Waals surface area contributed by atoms with Crippen molar-refractivity contribution in [3.05, 3.63) is 17.0 Å². The maximum absolute atomic E-state index is 13.7. The van der Waals surface area contributed by atoms with Gasteiger partial charge >= 0.3 is 0 Å². The molecular weight excluding hydrogens is 552 g/mol. The maximum atomic E-state index is 13.7. The Balaban J connectivity index is 0.00000441. The molecule has 2 atom stereocenters. The van der Waals surface area contributed by atoms with Gasteiger partial charge in [0.2, 0.25) is 21.8 Å². The SMILES string of the molecule is CCCCN1C(=O)[C@H](CC(C)C)NC(=O)C12CCN(C(c1c(C)n[nH]c1C)C1CCN(S(C)(=O)=O)CC1)CC2.Cl. The van der Waals surface area contributed by atoms with Crippen LogP contribution in [-0.2, 0) is 19.6 Å². The van der Waals surface area contributed by atoms with Gasteiger partial charge < -0.3 is 10.2 Å². The van der Waals surface area contributed by atoms with E-state index in [1.165, 1.54) is 11.8 Å². The lowest BCUT2D eigenvalue weighted by Gasteiger charge is -2.53. The van der Waals surface area contributed by atoms with Gasteiger partial charge in [0.05, 0.1) is 11.9 Å². The first-order chi connectivity index (χ1) is 18.4. The molecule has 1 aromatic heterocycles. The Morgan fingerprint density at radius 3 is 2.20 bits per heavy atom. The quantitative estimate of drug-likeness (QED) is 0.449. The molecule has 4 heterocycles. The molecule has 1 unspecified atom stereocenters. The number of aromatic amines is 1. The predicted octanol–water partition coefficient (Wildman–Crippen LogP) is 3.17. The Morgan fingerprint density at radius 1 is 1.07 bits per heavy atom. The summed E-state index contributed by atoms with van der Waals surface area (Å²) in [4.78, 5) is 31.8. The summed E-state index contributed by atoms with van der Waals surface area (Å²) in [7, 11) is -3.21. The number of piperazine rings is 1. The molecule has 40 heavy (non-hydrogen) atoms. The number of piperidine rings is 2. The highest BCUT2D eigenvalue weighted by atomic mass is 35.5. The van der Waals surface area contributed by atoms with Gasteiger partial charge in [0, 0.05) is 50.0 Å². The number of rotatable bonds is 9. The summed E-state index contributed by atoms with van der Waals surface area (Å²) in [6, 6.07) is -0.357. The van der Waals surface area contributed by atoms with E-state index in [0.717, 1.165) is 37.1 Å². The number of nitrogens with one attached hydrogen (secondary N) is 2. The van der Waals surface area contributed by atoms with Crippen LogP contribution in [0.2, 0.25) is 0 Å². The Kier molecular flexibility index (Phi) is 10.7. The highest BCUT2D eigenvalue weighted by Crippen LogP contribution is 2.42. The van der Waals surface area contributed by atoms with Crippen LogP contribution in [0.5, 0.6) is 0 Å². The molecule has 0 aliphatic carbocycles. The molecule has 1 spiro atoms. The second kappa shape index (κ2) is 13.1. The summed E-state index contributed by atoms with van der Waals surface area (Å²) in [5.74, 6) is 0.661. The van der Waals surface area contributed by atoms with E-state index in [9.17, 15) is 18.0 Å². The number of aryl methyl sites for hydroxylation is 2. The van der Waals surface area contributed by atoms with Crippen LogP contribution in [0.1, 0.15) is 88.7 Å². The Bertz CT molecular complexity index is 1120. The second-order valence-corrected chi connectivity index (χ2v) is 14.3. The molecule has 3 aliphatic rings. The zero-order chi connectivity index (χ0) is 28.5. The standard InChI is InChI=1S/C28H48N6O4S.ClH/c1-7-8-13-34-26(35)23(18-19(2)3)29-27(36)28(34)11-16-32(17-12-28)25(24-20(4)30-31-21(24)5)22-9-14-33(15-10-22)39(6,37)38;/h19,22-23,25H,7-18H2,1-6H3,(H,29,36)(H,30,31);1H/t23-,25?;/m0./s1. The van der Waals surface area contributed by atoms with E-state index in [1.807, 2.05) is 18.7 Å². The third kappa shape index (κ3) is 6.52. The summed E-state index contributed by atoms with van der Waals surface area (Å²) >= 11 is 0. The van der Waals surface area contributed by atoms with Crippen LogP contribution in [0.25, 0.3) is 0 Å². The molecule has 0 radical (unpaired) electrons. The number of likely N-dealkylation sites (tertiary alicyclic amines) is 1. The molecule has 10 nitrogen and oxygen atoms in total. The van der Waals surface area contributed by atoms with E-state index in [-0.39, 0.29) is 36.2 Å². The van der Waals surface area contributed by atoms with Crippen molar-refractivity contribution in [3.8, 4) is 0 Å². The highest BCUT2D eigenvalue weighted by molar-refractivity contribution is 7.88. The number of hydrogen-bond donors (Lipinski definition) is 2. The number of sulfonamides is 1. The van der Waals surface area contributed by atoms with Crippen molar-refractivity contribution in [2.75, 3.05) is 39.0 Å². The molecule has 3 aliphatic heterocycles. The fourth-order valence-electron chi connectivity index (χ4n) is 7.05. The van der Waals surface area contributed by atoms with Gasteiger partial charge in [-0.05, 0) is 64.2 Å². The van der Waals surface area contributed by atoms with E-state index in [1.54, 1.807) is 4.31 Å². The number of nitrogens with zero attached hydrogens (tertiary/aromatic N) is 4. The van der Waals surface area contributed by atoms with Crippen molar-refractivity contribution >= 4 is 34.2 Å². The van der Waals surface area contributed by atoms with Gasteiger partial charge in [0.15, 0.2) is 0 Å². The number of amides is 2. The molecule has 2 amide bonds. The Hall–Kier alpha value is -1.69. The first kappa shape index (κ1) is 32.8. The average Bonchev–Trinajstić information content (AvgIpc) is 3.21. The lowest BCUT2D eigenvalue weighted by Crippen LogP contribution is -2.73. The first-order valence-corrected chi connectivity index (χ1v) is 16.6. The zero-order valence-corrected chi connectivity index (χ0v) is 26.7. The minimum Gasteiger partial charge on any atom is -0.342 e. The van der Waals surface area contributed by atoms with Gasteiger partial charge in [-0.2, -0.15) is 5.10 Å². The minimum atomic E-state index is -3.21. The summed E-state index contributed by atoms with van der Waals surface area (Å²) < 4.78 is 25.9. The van der Waals surface area contributed by atoms with E-state index in [0.29, 0.717) is 57.9 Å². The third-order valence-corrected chi connectivity index (χ3v) is 10.5. The lowest BCUT2D eigenvalue weighted by molar-refractivity contribution is -0.162. The van der Waals surface area contributed by atoms with Gasteiger partial charge in [-0.1, -0.05) is 27.2 Å². The number of unbranched alkanes of at least 4 members (excludes halogenated alkanes) is 1. The van der Waals surface area contributed by atoms with E-state index in [4.69, 9.17) is 0 Å². The molecule has 3 saturated heterocycles. The largest absolute Gasteiger partial charge is 0.342 e. The molecular formula is C28H49ClN6O4S. The van der Waals surface area contributed by atoms with E-state index >= 15 is 0 Å². The zero-order valence-electron chi connectivity index (χ0n) is 25.0. The average molecular weight is 601 g/mol. The normalized spacial score (nSPS) is 23.9. The van der Waals surface area contributed by atoms with Crippen LogP contribution in [0.3, 0.4) is 0 Å². The van der Waals surface area contributed by atoms with Crippen molar-refractivity contribution in [2.45, 2.75) is 97.2 Å². The van der Waals surface area contributed by atoms with E-state index < -0.39 is 21.6 Å². The molecule has 0 bridgehead atoms.